The maximum atomic E-state index is 12.6. The molecule has 0 fully saturated rings. The van der Waals surface area contributed by atoms with E-state index in [4.69, 9.17) is 0 Å². The Morgan fingerprint density at radius 1 is 1.15 bits per heavy atom. The molecular weight excluding hydrogens is 484 g/mol. The van der Waals surface area contributed by atoms with Gasteiger partial charge in [0.1, 0.15) is 16.4 Å². The van der Waals surface area contributed by atoms with Crippen molar-refractivity contribution in [2.45, 2.75) is 31.4 Å². The lowest BCUT2D eigenvalue weighted by atomic mass is 10.3. The zero-order valence-corrected chi connectivity index (χ0v) is 19.9. The number of nitrogens with zero attached hydrogens (tertiary/aromatic N) is 6. The Kier molecular flexibility index (Phi) is 6.76. The zero-order valence-electron chi connectivity index (χ0n) is 17.5. The van der Waals surface area contributed by atoms with Crippen molar-refractivity contribution in [1.82, 2.24) is 34.9 Å². The highest BCUT2D eigenvalue weighted by Gasteiger charge is 2.16. The summed E-state index contributed by atoms with van der Waals surface area (Å²) >= 11 is 2.53. The van der Waals surface area contributed by atoms with E-state index in [9.17, 15) is 13.2 Å². The third kappa shape index (κ3) is 6.18. The Morgan fingerprint density at radius 3 is 2.58 bits per heavy atom. The fourth-order valence-corrected chi connectivity index (χ4v) is 4.80. The summed E-state index contributed by atoms with van der Waals surface area (Å²) < 4.78 is 25.0. The number of aromatic nitrogens is 7. The molecule has 33 heavy (non-hydrogen) atoms. The first-order valence-corrected chi connectivity index (χ1v) is 13.0. The number of carbonyl (C=O) groups excluding carboxylic acids is 1. The topological polar surface area (TPSA) is 148 Å². The van der Waals surface area contributed by atoms with Crippen LogP contribution in [0.5, 0.6) is 0 Å². The predicted octanol–water partition coefficient (Wildman–Crippen LogP) is 2.22. The van der Waals surface area contributed by atoms with Crippen LogP contribution in [0.25, 0.3) is 0 Å². The summed E-state index contributed by atoms with van der Waals surface area (Å²) in [5.41, 5.74) is 0.463. The molecule has 1 aromatic carbocycles. The average Bonchev–Trinajstić information content (AvgIpc) is 3.41. The number of sulfone groups is 1. The van der Waals surface area contributed by atoms with Gasteiger partial charge < -0.3 is 5.32 Å². The van der Waals surface area contributed by atoms with Crippen LogP contribution in [0.15, 0.2) is 74.1 Å². The number of H-pyrrole nitrogens is 1. The molecule has 3 aromatic heterocycles. The Morgan fingerprint density at radius 2 is 1.94 bits per heavy atom. The lowest BCUT2D eigenvalue weighted by Crippen LogP contribution is -2.17. The van der Waals surface area contributed by atoms with Gasteiger partial charge in [-0.25, -0.2) is 23.4 Å². The van der Waals surface area contributed by atoms with Crippen LogP contribution in [0.1, 0.15) is 5.69 Å². The third-order valence-corrected chi connectivity index (χ3v) is 7.12. The van der Waals surface area contributed by atoms with Crippen LogP contribution in [0.3, 0.4) is 0 Å². The summed E-state index contributed by atoms with van der Waals surface area (Å²) in [4.78, 5) is 26.8. The second-order valence-corrected chi connectivity index (χ2v) is 10.9. The van der Waals surface area contributed by atoms with Crippen LogP contribution in [0.4, 0.5) is 5.82 Å². The highest BCUT2D eigenvalue weighted by atomic mass is 32.2. The second kappa shape index (κ2) is 9.72. The molecule has 0 unspecified atom stereocenters. The number of rotatable bonds is 8. The molecule has 4 rings (SSSR count). The van der Waals surface area contributed by atoms with E-state index in [0.29, 0.717) is 26.7 Å². The highest BCUT2D eigenvalue weighted by Crippen LogP contribution is 2.31. The SMILES string of the molecule is Cn1ccc(NC(=O)Cc2nc(Sc3ncn[nH]3)cnc2Sc2ccc(S(C)(=O)=O)cc2)n1. The quantitative estimate of drug-likeness (QED) is 0.367. The molecule has 0 bridgehead atoms. The molecule has 0 aliphatic heterocycles. The number of amides is 1. The summed E-state index contributed by atoms with van der Waals surface area (Å²) in [6.07, 6.45) is 5.83. The van der Waals surface area contributed by atoms with Gasteiger partial charge in [-0.1, -0.05) is 11.8 Å². The number of carbonyl (C=O) groups is 1. The summed E-state index contributed by atoms with van der Waals surface area (Å²) in [5, 5.41) is 15.1. The number of nitrogens with one attached hydrogen (secondary N) is 2. The molecule has 0 radical (unpaired) electrons. The van der Waals surface area contributed by atoms with Crippen molar-refractivity contribution in [3.05, 3.63) is 54.7 Å². The summed E-state index contributed by atoms with van der Waals surface area (Å²) in [7, 11) is -1.53. The number of hydrogen-bond acceptors (Lipinski definition) is 10. The van der Waals surface area contributed by atoms with Gasteiger partial charge in [0.05, 0.1) is 23.2 Å². The van der Waals surface area contributed by atoms with Crippen LogP contribution >= 0.6 is 23.5 Å². The smallest absolute Gasteiger partial charge is 0.231 e. The van der Waals surface area contributed by atoms with Crippen molar-refractivity contribution in [2.75, 3.05) is 11.6 Å². The van der Waals surface area contributed by atoms with E-state index in [1.165, 1.54) is 42.0 Å². The highest BCUT2D eigenvalue weighted by molar-refractivity contribution is 7.99. The van der Waals surface area contributed by atoms with Crippen LogP contribution in [-0.2, 0) is 28.1 Å². The third-order valence-electron chi connectivity index (χ3n) is 4.15. The molecular formula is C19H18N8O3S3. The van der Waals surface area contributed by atoms with Crippen molar-refractivity contribution < 1.29 is 13.2 Å². The number of benzene rings is 1. The summed E-state index contributed by atoms with van der Waals surface area (Å²) in [6, 6.07) is 8.15. The first kappa shape index (κ1) is 22.9. The molecule has 3 heterocycles. The maximum Gasteiger partial charge on any atom is 0.231 e. The molecule has 1 amide bonds. The van der Waals surface area contributed by atoms with E-state index in [1.54, 1.807) is 42.3 Å². The first-order valence-electron chi connectivity index (χ1n) is 9.43. The summed E-state index contributed by atoms with van der Waals surface area (Å²) in [6.45, 7) is 0. The van der Waals surface area contributed by atoms with Gasteiger partial charge in [-0.2, -0.15) is 10.2 Å². The maximum absolute atomic E-state index is 12.6. The molecule has 2 N–H and O–H groups in total. The van der Waals surface area contributed by atoms with Crippen LogP contribution in [0.2, 0.25) is 0 Å². The summed E-state index contributed by atoms with van der Waals surface area (Å²) in [5.74, 6) is 0.146. The fourth-order valence-electron chi connectivity index (χ4n) is 2.68. The lowest BCUT2D eigenvalue weighted by molar-refractivity contribution is -0.115. The first-order chi connectivity index (χ1) is 15.8. The van der Waals surface area contributed by atoms with Gasteiger partial charge in [0, 0.05) is 30.5 Å². The van der Waals surface area contributed by atoms with Crippen molar-refractivity contribution in [3.63, 3.8) is 0 Å². The monoisotopic (exact) mass is 502 g/mol. The molecule has 0 atom stereocenters. The molecule has 0 saturated carbocycles. The minimum Gasteiger partial charge on any atom is -0.309 e. The molecule has 0 saturated heterocycles. The average molecular weight is 503 g/mol. The fraction of sp³-hybridized carbons (Fsp3) is 0.158. The largest absolute Gasteiger partial charge is 0.309 e. The van der Waals surface area contributed by atoms with Crippen molar-refractivity contribution in [2.24, 2.45) is 7.05 Å². The molecule has 0 spiro atoms. The molecule has 4 aromatic rings. The van der Waals surface area contributed by atoms with Gasteiger partial charge in [-0.15, -0.1) is 0 Å². The Bertz CT molecular complexity index is 1370. The number of anilines is 1. The molecule has 11 nitrogen and oxygen atoms in total. The van der Waals surface area contributed by atoms with E-state index in [1.807, 2.05) is 0 Å². The number of hydrogen-bond donors (Lipinski definition) is 2. The Hall–Kier alpha value is -3.23. The van der Waals surface area contributed by atoms with Gasteiger partial charge in [-0.3, -0.25) is 14.6 Å². The minimum absolute atomic E-state index is 0.0296. The number of aryl methyl sites for hydroxylation is 1. The predicted molar refractivity (Wildman–Crippen MR) is 122 cm³/mol. The lowest BCUT2D eigenvalue weighted by Gasteiger charge is -2.09. The van der Waals surface area contributed by atoms with Gasteiger partial charge in [0.2, 0.25) is 5.91 Å². The van der Waals surface area contributed by atoms with Crippen molar-refractivity contribution >= 4 is 45.1 Å². The van der Waals surface area contributed by atoms with E-state index < -0.39 is 9.84 Å². The van der Waals surface area contributed by atoms with E-state index in [0.717, 1.165) is 11.2 Å². The Labute approximate surface area is 197 Å². The second-order valence-electron chi connectivity index (χ2n) is 6.80. The van der Waals surface area contributed by atoms with Gasteiger partial charge in [0.25, 0.3) is 0 Å². The number of aromatic amines is 1. The van der Waals surface area contributed by atoms with Crippen molar-refractivity contribution in [3.8, 4) is 0 Å². The zero-order chi connectivity index (χ0) is 23.4. The molecule has 0 aliphatic carbocycles. The van der Waals surface area contributed by atoms with Gasteiger partial charge in [-0.05, 0) is 36.0 Å². The Balaban J connectivity index is 1.58. The van der Waals surface area contributed by atoms with Gasteiger partial charge in [0.15, 0.2) is 20.8 Å². The molecule has 0 aliphatic rings. The minimum atomic E-state index is -3.29. The van der Waals surface area contributed by atoms with E-state index >= 15 is 0 Å². The van der Waals surface area contributed by atoms with Gasteiger partial charge >= 0.3 is 0 Å². The molecule has 14 heteroatoms. The van der Waals surface area contributed by atoms with Crippen LogP contribution in [-0.4, -0.2) is 55.5 Å². The van der Waals surface area contributed by atoms with Crippen LogP contribution in [0, 0.1) is 0 Å². The normalized spacial score (nSPS) is 11.5. The van der Waals surface area contributed by atoms with Crippen LogP contribution < -0.4 is 5.32 Å². The molecule has 170 valence electrons. The van der Waals surface area contributed by atoms with E-state index in [-0.39, 0.29) is 17.2 Å². The van der Waals surface area contributed by atoms with E-state index in [2.05, 4.69) is 35.6 Å². The standard InChI is InChI=1S/C19H18N8O3S3/c1-27-8-7-15(26-27)24-16(28)9-14-18(20-10-17(23-14)32-19-21-11-22-25-19)31-12-3-5-13(6-4-12)33(2,29)30/h3-8,10-11H,9H2,1-2H3,(H,21,22,25)(H,24,26,28). The van der Waals surface area contributed by atoms with Crippen molar-refractivity contribution in [1.29, 1.82) is 0 Å².